The number of para-hydroxylation sites is 1. The van der Waals surface area contributed by atoms with Gasteiger partial charge in [-0.1, -0.05) is 18.2 Å². The number of nitrogens with one attached hydrogen (secondary N) is 3. The van der Waals surface area contributed by atoms with E-state index in [2.05, 4.69) is 61.7 Å². The Morgan fingerprint density at radius 3 is 2.69 bits per heavy atom. The van der Waals surface area contributed by atoms with Crippen molar-refractivity contribution >= 4 is 22.8 Å². The minimum absolute atomic E-state index is 0.102. The number of carbonyl (C=O) groups excluding carboxylic acids is 1. The van der Waals surface area contributed by atoms with Crippen LogP contribution in [0, 0.1) is 6.92 Å². The van der Waals surface area contributed by atoms with Crippen LogP contribution in [0.4, 0.5) is 0 Å². The lowest BCUT2D eigenvalue weighted by Gasteiger charge is -2.36. The number of hydrogen-bond acceptors (Lipinski definition) is 3. The quantitative estimate of drug-likeness (QED) is 0.512. The van der Waals surface area contributed by atoms with Gasteiger partial charge >= 0.3 is 0 Å². The predicted octanol–water partition coefficient (Wildman–Crippen LogP) is 1.74. The molecule has 1 aliphatic heterocycles. The molecule has 0 unspecified atom stereocenters. The van der Waals surface area contributed by atoms with E-state index in [9.17, 15) is 4.79 Å². The maximum absolute atomic E-state index is 12.0. The average Bonchev–Trinajstić information content (AvgIpc) is 3.10. The van der Waals surface area contributed by atoms with Crippen LogP contribution in [0.15, 0.2) is 29.4 Å². The summed E-state index contributed by atoms with van der Waals surface area (Å²) in [6, 6.07) is 6.61. The molecule has 3 N–H and O–H groups in total. The van der Waals surface area contributed by atoms with Crippen molar-refractivity contribution in [2.75, 3.05) is 46.3 Å². The number of aryl methyl sites for hydroxylation is 1. The molecule has 0 saturated carbocycles. The van der Waals surface area contributed by atoms with Crippen molar-refractivity contribution in [1.82, 2.24) is 25.4 Å². The van der Waals surface area contributed by atoms with Crippen molar-refractivity contribution in [2.45, 2.75) is 33.2 Å². The van der Waals surface area contributed by atoms with Gasteiger partial charge < -0.3 is 20.5 Å². The zero-order chi connectivity index (χ0) is 20.8. The molecule has 1 saturated heterocycles. The fraction of sp³-hybridized carbons (Fsp3) is 0.545. The van der Waals surface area contributed by atoms with Gasteiger partial charge in [-0.3, -0.25) is 14.7 Å². The van der Waals surface area contributed by atoms with Gasteiger partial charge in [0.15, 0.2) is 5.96 Å². The lowest BCUT2D eigenvalue weighted by atomic mass is 10.1. The fourth-order valence-corrected chi connectivity index (χ4v) is 3.90. The smallest absolute Gasteiger partial charge is 0.234 e. The summed E-state index contributed by atoms with van der Waals surface area (Å²) in [5.41, 5.74) is 3.83. The lowest BCUT2D eigenvalue weighted by Crippen LogP contribution is -2.54. The Kier molecular flexibility index (Phi) is 7.14. The molecular formula is C22H34N6O. The van der Waals surface area contributed by atoms with Gasteiger partial charge in [-0.25, -0.2) is 0 Å². The molecule has 2 aromatic rings. The van der Waals surface area contributed by atoms with E-state index in [1.807, 2.05) is 20.9 Å². The van der Waals surface area contributed by atoms with Crippen molar-refractivity contribution in [1.29, 1.82) is 0 Å². The van der Waals surface area contributed by atoms with E-state index in [0.29, 0.717) is 6.54 Å². The number of carbonyl (C=O) groups is 1. The molecule has 1 fully saturated rings. The third-order valence-electron chi connectivity index (χ3n) is 5.39. The van der Waals surface area contributed by atoms with Crippen LogP contribution < -0.4 is 10.6 Å². The van der Waals surface area contributed by atoms with Crippen molar-refractivity contribution in [3.63, 3.8) is 0 Å². The summed E-state index contributed by atoms with van der Waals surface area (Å²) < 4.78 is 0. The molecule has 7 heteroatoms. The minimum atomic E-state index is 0.102. The lowest BCUT2D eigenvalue weighted by molar-refractivity contribution is -0.123. The Labute approximate surface area is 173 Å². The fourth-order valence-electron chi connectivity index (χ4n) is 3.90. The number of H-pyrrole nitrogens is 1. The number of nitrogens with zero attached hydrogens (tertiary/aromatic N) is 3. The maximum atomic E-state index is 12.0. The van der Waals surface area contributed by atoms with Gasteiger partial charge in [0.1, 0.15) is 0 Å². The summed E-state index contributed by atoms with van der Waals surface area (Å²) in [6.45, 7) is 10.9. The van der Waals surface area contributed by atoms with Crippen LogP contribution in [0.3, 0.4) is 0 Å². The molecule has 0 atom stereocenters. The summed E-state index contributed by atoms with van der Waals surface area (Å²) in [5, 5.41) is 7.76. The molecule has 2 heterocycles. The van der Waals surface area contributed by atoms with Gasteiger partial charge in [-0.05, 0) is 38.3 Å². The molecule has 1 aromatic carbocycles. The van der Waals surface area contributed by atoms with E-state index >= 15 is 0 Å². The van der Waals surface area contributed by atoms with Gasteiger partial charge in [-0.2, -0.15) is 0 Å². The standard InChI is InChI=1S/C22H34N6O/c1-16(2)26-20(29)15-27-10-12-28(13-11-27)22(23-4)24-9-8-18-14-25-21-17(3)6-5-7-19(18)21/h5-7,14,16,25H,8-13,15H2,1-4H3,(H,23,24)(H,26,29). The first-order chi connectivity index (χ1) is 14.0. The van der Waals surface area contributed by atoms with E-state index in [0.717, 1.165) is 45.1 Å². The molecule has 7 nitrogen and oxygen atoms in total. The average molecular weight is 399 g/mol. The predicted molar refractivity (Wildman–Crippen MR) is 119 cm³/mol. The van der Waals surface area contributed by atoms with E-state index in [4.69, 9.17) is 0 Å². The van der Waals surface area contributed by atoms with Crippen molar-refractivity contribution < 1.29 is 4.79 Å². The van der Waals surface area contributed by atoms with Crippen LogP contribution in [0.2, 0.25) is 0 Å². The number of piperazine rings is 1. The Balaban J connectivity index is 1.46. The Hall–Kier alpha value is -2.54. The Morgan fingerprint density at radius 1 is 1.24 bits per heavy atom. The minimum Gasteiger partial charge on any atom is -0.361 e. The van der Waals surface area contributed by atoms with Crippen LogP contribution in [0.5, 0.6) is 0 Å². The highest BCUT2D eigenvalue weighted by Gasteiger charge is 2.21. The van der Waals surface area contributed by atoms with Crippen LogP contribution in [-0.2, 0) is 11.2 Å². The summed E-state index contributed by atoms with van der Waals surface area (Å²) in [6.07, 6.45) is 3.06. The second kappa shape index (κ2) is 9.78. The number of fused-ring (bicyclic) bond motifs is 1. The zero-order valence-electron chi connectivity index (χ0n) is 18.1. The van der Waals surface area contributed by atoms with E-state index in [-0.39, 0.29) is 11.9 Å². The molecule has 0 radical (unpaired) electrons. The van der Waals surface area contributed by atoms with Crippen molar-refractivity contribution in [2.24, 2.45) is 4.99 Å². The molecule has 1 aromatic heterocycles. The number of benzene rings is 1. The van der Waals surface area contributed by atoms with Crippen LogP contribution in [-0.4, -0.2) is 79.0 Å². The zero-order valence-corrected chi connectivity index (χ0v) is 18.1. The summed E-state index contributed by atoms with van der Waals surface area (Å²) >= 11 is 0. The molecule has 29 heavy (non-hydrogen) atoms. The second-order valence-corrected chi connectivity index (χ2v) is 8.02. The molecule has 3 rings (SSSR count). The first kappa shape index (κ1) is 21.2. The first-order valence-electron chi connectivity index (χ1n) is 10.5. The summed E-state index contributed by atoms with van der Waals surface area (Å²) in [5.74, 6) is 1.04. The number of amides is 1. The van der Waals surface area contributed by atoms with Gasteiger partial charge in [0, 0.05) is 62.9 Å². The number of aliphatic imine (C=N–C) groups is 1. The highest BCUT2D eigenvalue weighted by atomic mass is 16.2. The molecule has 158 valence electrons. The number of guanidine groups is 1. The molecule has 0 aliphatic carbocycles. The molecular weight excluding hydrogens is 364 g/mol. The Bertz CT molecular complexity index is 848. The molecule has 1 aliphatic rings. The molecule has 0 bridgehead atoms. The van der Waals surface area contributed by atoms with E-state index < -0.39 is 0 Å². The first-order valence-corrected chi connectivity index (χ1v) is 10.5. The van der Waals surface area contributed by atoms with E-state index in [1.165, 1.54) is 22.0 Å². The summed E-state index contributed by atoms with van der Waals surface area (Å²) in [4.78, 5) is 24.3. The SMILES string of the molecule is CN=C(NCCc1c[nH]c2c(C)cccc12)N1CCN(CC(=O)NC(C)C)CC1. The number of aromatic amines is 1. The monoisotopic (exact) mass is 398 g/mol. The van der Waals surface area contributed by atoms with Crippen molar-refractivity contribution in [3.8, 4) is 0 Å². The third kappa shape index (κ3) is 5.50. The van der Waals surface area contributed by atoms with E-state index in [1.54, 1.807) is 0 Å². The summed E-state index contributed by atoms with van der Waals surface area (Å²) in [7, 11) is 1.83. The second-order valence-electron chi connectivity index (χ2n) is 8.02. The number of hydrogen-bond donors (Lipinski definition) is 3. The van der Waals surface area contributed by atoms with Gasteiger partial charge in [0.05, 0.1) is 6.54 Å². The highest BCUT2D eigenvalue weighted by Crippen LogP contribution is 2.21. The van der Waals surface area contributed by atoms with Crippen LogP contribution >= 0.6 is 0 Å². The Morgan fingerprint density at radius 2 is 2.00 bits per heavy atom. The van der Waals surface area contributed by atoms with Gasteiger partial charge in [0.2, 0.25) is 5.91 Å². The number of rotatable bonds is 6. The molecule has 1 amide bonds. The molecule has 0 spiro atoms. The third-order valence-corrected chi connectivity index (χ3v) is 5.39. The van der Waals surface area contributed by atoms with Crippen LogP contribution in [0.25, 0.3) is 10.9 Å². The van der Waals surface area contributed by atoms with Gasteiger partial charge in [0.25, 0.3) is 0 Å². The maximum Gasteiger partial charge on any atom is 0.234 e. The van der Waals surface area contributed by atoms with Crippen LogP contribution in [0.1, 0.15) is 25.0 Å². The van der Waals surface area contributed by atoms with Crippen molar-refractivity contribution in [3.05, 3.63) is 35.5 Å². The largest absolute Gasteiger partial charge is 0.361 e. The number of aromatic nitrogens is 1. The highest BCUT2D eigenvalue weighted by molar-refractivity contribution is 5.86. The topological polar surface area (TPSA) is 75.8 Å². The van der Waals surface area contributed by atoms with Gasteiger partial charge in [-0.15, -0.1) is 0 Å². The normalized spacial score (nSPS) is 15.9.